The Kier molecular flexibility index (Phi) is 10.7. The number of anilines is 1. The second-order valence-corrected chi connectivity index (χ2v) is 14.3. The molecule has 0 aliphatic rings. The van der Waals surface area contributed by atoms with Gasteiger partial charge in [0, 0.05) is 38.3 Å². The van der Waals surface area contributed by atoms with Crippen LogP contribution < -0.4 is 10.7 Å². The Morgan fingerprint density at radius 1 is 0.719 bits per heavy atom. The van der Waals surface area contributed by atoms with E-state index in [4.69, 9.17) is 15.3 Å². The van der Waals surface area contributed by atoms with Crippen LogP contribution in [0.15, 0.2) is 158 Å². The Morgan fingerprint density at radius 3 is 1.91 bits per heavy atom. The molecular weight excluding hydrogens is 707 g/mol. The third-order valence-electron chi connectivity index (χ3n) is 10.3. The summed E-state index contributed by atoms with van der Waals surface area (Å²) in [6.45, 7) is 2.83. The van der Waals surface area contributed by atoms with Gasteiger partial charge in [-0.15, -0.1) is 5.10 Å². The lowest BCUT2D eigenvalue weighted by atomic mass is 9.77. The van der Waals surface area contributed by atoms with Gasteiger partial charge in [0.15, 0.2) is 5.82 Å². The molecule has 8 rings (SSSR count). The molecule has 10 nitrogen and oxygen atoms in total. The first-order valence-corrected chi connectivity index (χ1v) is 19.3. The molecule has 0 radical (unpaired) electrons. The number of tetrazole rings is 1. The molecule has 0 fully saturated rings. The highest BCUT2D eigenvalue weighted by Crippen LogP contribution is 2.43. The van der Waals surface area contributed by atoms with Crippen molar-refractivity contribution in [2.24, 2.45) is 0 Å². The summed E-state index contributed by atoms with van der Waals surface area (Å²) >= 11 is 0. The van der Waals surface area contributed by atoms with Gasteiger partial charge >= 0.3 is 6.03 Å². The molecule has 0 bridgehead atoms. The summed E-state index contributed by atoms with van der Waals surface area (Å²) < 4.78 is 4.25. The van der Waals surface area contributed by atoms with Crippen molar-refractivity contribution in [2.75, 3.05) is 19.4 Å². The van der Waals surface area contributed by atoms with Crippen LogP contribution in [0.4, 0.5) is 10.5 Å². The standard InChI is InChI=1S/C47H45N9O/c1-4-5-25-44-49-42-31-30-39(48-46(57)51-54(2)3)32-43(42)55(44)33-34-26-28-35(29-27-34)40-23-15-16-24-41(40)45-50-52-53-56(45)47(36-17-9-6-10-18-36,37-19-11-7-12-20-37)38-21-13-8-14-22-38/h6-24,26-32H,4-5,25,33H2,1-3H3,(H2,48,51,57). The van der Waals surface area contributed by atoms with Crippen molar-refractivity contribution in [3.8, 4) is 22.5 Å². The minimum atomic E-state index is -0.867. The van der Waals surface area contributed by atoms with Crippen molar-refractivity contribution >= 4 is 22.8 Å². The normalized spacial score (nSPS) is 11.6. The molecule has 2 N–H and O–H groups in total. The second-order valence-electron chi connectivity index (χ2n) is 14.3. The number of hydrogen-bond acceptors (Lipinski definition) is 6. The van der Waals surface area contributed by atoms with Gasteiger partial charge in [0.05, 0.1) is 11.0 Å². The molecule has 2 heterocycles. The topological polar surface area (TPSA) is 106 Å². The monoisotopic (exact) mass is 751 g/mol. The van der Waals surface area contributed by atoms with Crippen LogP contribution in [0.3, 0.4) is 0 Å². The number of unbranched alkanes of at least 4 members (excludes halogenated alkanes) is 1. The third-order valence-corrected chi connectivity index (χ3v) is 10.3. The van der Waals surface area contributed by atoms with E-state index in [1.54, 1.807) is 19.1 Å². The number of imidazole rings is 1. The number of rotatable bonds is 13. The summed E-state index contributed by atoms with van der Waals surface area (Å²) in [5, 5.41) is 18.4. The summed E-state index contributed by atoms with van der Waals surface area (Å²) in [6, 6.07) is 54.0. The Morgan fingerprint density at radius 2 is 1.32 bits per heavy atom. The average Bonchev–Trinajstić information content (AvgIpc) is 3.86. The van der Waals surface area contributed by atoms with Crippen molar-refractivity contribution < 1.29 is 4.79 Å². The molecule has 0 spiro atoms. The molecule has 0 aliphatic carbocycles. The maximum Gasteiger partial charge on any atom is 0.333 e. The number of benzene rings is 6. The molecule has 57 heavy (non-hydrogen) atoms. The number of urea groups is 1. The summed E-state index contributed by atoms with van der Waals surface area (Å²) in [5.41, 5.74) is 11.7. The van der Waals surface area contributed by atoms with Gasteiger partial charge in [0.1, 0.15) is 11.4 Å². The zero-order valence-electron chi connectivity index (χ0n) is 32.4. The zero-order chi connectivity index (χ0) is 39.2. The minimum absolute atomic E-state index is 0.299. The van der Waals surface area contributed by atoms with E-state index < -0.39 is 5.54 Å². The molecule has 0 saturated heterocycles. The fourth-order valence-electron chi connectivity index (χ4n) is 7.70. The van der Waals surface area contributed by atoms with Gasteiger partial charge in [-0.2, -0.15) is 0 Å². The Balaban J connectivity index is 1.18. The van der Waals surface area contributed by atoms with E-state index in [1.807, 2.05) is 47.1 Å². The van der Waals surface area contributed by atoms with Crippen LogP contribution in [0, 0.1) is 0 Å². The van der Waals surface area contributed by atoms with Crippen LogP contribution in [0.5, 0.6) is 0 Å². The molecule has 0 unspecified atom stereocenters. The predicted molar refractivity (Wildman–Crippen MR) is 227 cm³/mol. The Hall–Kier alpha value is -6.91. The van der Waals surface area contributed by atoms with Gasteiger partial charge in [0.2, 0.25) is 0 Å². The number of carbonyl (C=O) groups excluding carboxylic acids is 1. The molecule has 0 aliphatic heterocycles. The molecule has 6 aromatic carbocycles. The lowest BCUT2D eigenvalue weighted by molar-refractivity contribution is 0.224. The zero-order valence-corrected chi connectivity index (χ0v) is 32.4. The first-order chi connectivity index (χ1) is 27.9. The van der Waals surface area contributed by atoms with E-state index in [-0.39, 0.29) is 6.03 Å². The first-order valence-electron chi connectivity index (χ1n) is 19.3. The summed E-state index contributed by atoms with van der Waals surface area (Å²) in [6.07, 6.45) is 2.97. The SMILES string of the molecule is CCCCc1nc2ccc(NC(=O)NN(C)C)cc2n1Cc1ccc(-c2ccccc2-c2nnnn2C(c2ccccc2)(c2ccccc2)c2ccccc2)cc1. The number of amides is 2. The molecule has 2 amide bonds. The van der Waals surface area contributed by atoms with E-state index in [1.165, 1.54) is 0 Å². The van der Waals surface area contributed by atoms with Crippen LogP contribution >= 0.6 is 0 Å². The van der Waals surface area contributed by atoms with Gasteiger partial charge in [-0.3, -0.25) is 5.43 Å². The van der Waals surface area contributed by atoms with Gasteiger partial charge in [-0.1, -0.05) is 153 Å². The average molecular weight is 752 g/mol. The molecule has 8 aromatic rings. The highest BCUT2D eigenvalue weighted by molar-refractivity contribution is 5.92. The Bertz CT molecular complexity index is 2490. The largest absolute Gasteiger partial charge is 0.333 e. The maximum atomic E-state index is 12.5. The molecule has 10 heteroatoms. The lowest BCUT2D eigenvalue weighted by Gasteiger charge is -2.36. The molecule has 2 aromatic heterocycles. The van der Waals surface area contributed by atoms with Crippen LogP contribution in [-0.2, 0) is 18.5 Å². The lowest BCUT2D eigenvalue weighted by Crippen LogP contribution is -2.39. The Labute approximate surface area is 332 Å². The second kappa shape index (κ2) is 16.4. The smallest absolute Gasteiger partial charge is 0.323 e. The fourth-order valence-corrected chi connectivity index (χ4v) is 7.70. The van der Waals surface area contributed by atoms with Gasteiger partial charge < -0.3 is 9.88 Å². The third kappa shape index (κ3) is 7.42. The van der Waals surface area contributed by atoms with Crippen molar-refractivity contribution in [2.45, 2.75) is 38.3 Å². The van der Waals surface area contributed by atoms with Crippen molar-refractivity contribution in [1.29, 1.82) is 0 Å². The summed E-state index contributed by atoms with van der Waals surface area (Å²) in [5.74, 6) is 1.68. The number of fused-ring (bicyclic) bond motifs is 1. The van der Waals surface area contributed by atoms with Crippen molar-refractivity contribution in [3.63, 3.8) is 0 Å². The van der Waals surface area contributed by atoms with Crippen LogP contribution in [0.2, 0.25) is 0 Å². The molecule has 0 saturated carbocycles. The number of hydrogen-bond donors (Lipinski definition) is 2. The molecular formula is C47H45N9O. The van der Waals surface area contributed by atoms with Gasteiger partial charge in [-0.25, -0.2) is 19.5 Å². The number of aromatic nitrogens is 6. The molecule has 284 valence electrons. The van der Waals surface area contributed by atoms with E-state index in [0.717, 1.165) is 75.1 Å². The molecule has 0 atom stereocenters. The predicted octanol–water partition coefficient (Wildman–Crippen LogP) is 9.19. The quantitative estimate of drug-likeness (QED) is 0.0900. The number of carbonyl (C=O) groups is 1. The highest BCUT2D eigenvalue weighted by Gasteiger charge is 2.42. The van der Waals surface area contributed by atoms with Gasteiger partial charge in [0.25, 0.3) is 0 Å². The number of nitrogens with one attached hydrogen (secondary N) is 2. The van der Waals surface area contributed by atoms with E-state index in [9.17, 15) is 4.79 Å². The number of hydrazine groups is 1. The fraction of sp³-hybridized carbons (Fsp3) is 0.170. The number of nitrogens with zero attached hydrogens (tertiary/aromatic N) is 7. The van der Waals surface area contributed by atoms with E-state index >= 15 is 0 Å². The van der Waals surface area contributed by atoms with E-state index in [2.05, 4.69) is 143 Å². The number of aryl methyl sites for hydroxylation is 1. The van der Waals surface area contributed by atoms with E-state index in [0.29, 0.717) is 18.1 Å². The van der Waals surface area contributed by atoms with Crippen LogP contribution in [0.25, 0.3) is 33.5 Å². The van der Waals surface area contributed by atoms with Crippen molar-refractivity contribution in [1.82, 2.24) is 40.2 Å². The summed E-state index contributed by atoms with van der Waals surface area (Å²) in [7, 11) is 3.55. The minimum Gasteiger partial charge on any atom is -0.323 e. The van der Waals surface area contributed by atoms with Crippen LogP contribution in [-0.4, -0.2) is 54.9 Å². The van der Waals surface area contributed by atoms with Crippen molar-refractivity contribution in [3.05, 3.63) is 186 Å². The van der Waals surface area contributed by atoms with Crippen LogP contribution in [0.1, 0.15) is 47.8 Å². The first kappa shape index (κ1) is 37.0. The maximum absolute atomic E-state index is 12.5. The van der Waals surface area contributed by atoms with Gasteiger partial charge in [-0.05, 0) is 68.4 Å². The highest BCUT2D eigenvalue weighted by atomic mass is 16.2. The summed E-state index contributed by atoms with van der Waals surface area (Å²) in [4.78, 5) is 17.5.